The van der Waals surface area contributed by atoms with Crippen LogP contribution >= 0.6 is 0 Å². The molecule has 2 heterocycles. The van der Waals surface area contributed by atoms with Crippen molar-refractivity contribution in [2.24, 2.45) is 0 Å². The third-order valence-electron chi connectivity index (χ3n) is 5.17. The van der Waals surface area contributed by atoms with E-state index in [1.54, 1.807) is 42.5 Å². The first-order valence-corrected chi connectivity index (χ1v) is 11.2. The van der Waals surface area contributed by atoms with Crippen LogP contribution < -0.4 is 4.74 Å². The predicted molar refractivity (Wildman–Crippen MR) is 109 cm³/mol. The van der Waals surface area contributed by atoms with E-state index < -0.39 is 16.1 Å². The third-order valence-corrected chi connectivity index (χ3v) is 7.32. The number of benzene rings is 1. The average Bonchev–Trinajstić information content (AvgIpc) is 3.02. The molecule has 1 aliphatic rings. The van der Waals surface area contributed by atoms with Crippen molar-refractivity contribution in [1.82, 2.24) is 19.0 Å². The highest BCUT2D eigenvalue weighted by atomic mass is 32.2. The lowest BCUT2D eigenvalue weighted by atomic mass is 10.3. The van der Waals surface area contributed by atoms with Crippen LogP contribution in [0.4, 0.5) is 0 Å². The second-order valence-corrected chi connectivity index (χ2v) is 8.99. The smallest absolute Gasteiger partial charge is 0.263 e. The zero-order chi connectivity index (χ0) is 21.2. The van der Waals surface area contributed by atoms with Crippen LogP contribution in [0.15, 0.2) is 35.2 Å². The Morgan fingerprint density at radius 3 is 2.31 bits per heavy atom. The first kappa shape index (κ1) is 21.3. The minimum absolute atomic E-state index is 0.142. The zero-order valence-corrected chi connectivity index (χ0v) is 18.1. The molecule has 1 aromatic heterocycles. The Bertz CT molecular complexity index is 964. The van der Waals surface area contributed by atoms with Gasteiger partial charge in [-0.15, -0.1) is 0 Å². The summed E-state index contributed by atoms with van der Waals surface area (Å²) in [6.07, 6.45) is -0.632. The number of carbonyl (C=O) groups excluding carboxylic acids is 1. The molecule has 1 amide bonds. The van der Waals surface area contributed by atoms with Crippen LogP contribution in [0.25, 0.3) is 0 Å². The van der Waals surface area contributed by atoms with Crippen molar-refractivity contribution >= 4 is 15.9 Å². The number of nitrogens with zero attached hydrogens (tertiary/aromatic N) is 4. The molecule has 29 heavy (non-hydrogen) atoms. The van der Waals surface area contributed by atoms with Gasteiger partial charge in [-0.3, -0.25) is 9.48 Å². The van der Waals surface area contributed by atoms with E-state index in [0.717, 1.165) is 0 Å². The van der Waals surface area contributed by atoms with Crippen molar-refractivity contribution in [3.8, 4) is 5.75 Å². The topological polar surface area (TPSA) is 84.7 Å². The number of ether oxygens (including phenoxy) is 1. The second kappa shape index (κ2) is 8.54. The Morgan fingerprint density at radius 2 is 1.76 bits per heavy atom. The summed E-state index contributed by atoms with van der Waals surface area (Å²) in [6, 6.07) is 9.18. The zero-order valence-electron chi connectivity index (χ0n) is 17.3. The molecular weight excluding hydrogens is 392 g/mol. The van der Waals surface area contributed by atoms with Crippen LogP contribution in [-0.2, 0) is 21.4 Å². The van der Waals surface area contributed by atoms with Gasteiger partial charge >= 0.3 is 0 Å². The van der Waals surface area contributed by atoms with Gasteiger partial charge in [-0.2, -0.15) is 9.40 Å². The number of piperazine rings is 1. The van der Waals surface area contributed by atoms with Crippen molar-refractivity contribution in [1.29, 1.82) is 0 Å². The molecule has 0 bridgehead atoms. The number of para-hydroxylation sites is 1. The van der Waals surface area contributed by atoms with Gasteiger partial charge in [-0.05, 0) is 39.8 Å². The summed E-state index contributed by atoms with van der Waals surface area (Å²) < 4.78 is 35.2. The molecule has 0 N–H and O–H groups in total. The molecule has 1 unspecified atom stereocenters. The summed E-state index contributed by atoms with van der Waals surface area (Å²) in [5, 5.41) is 4.33. The first-order chi connectivity index (χ1) is 13.8. The maximum Gasteiger partial charge on any atom is 0.263 e. The minimum Gasteiger partial charge on any atom is -0.481 e. The third kappa shape index (κ3) is 4.30. The number of rotatable bonds is 6. The van der Waals surface area contributed by atoms with Gasteiger partial charge in [0.25, 0.3) is 5.91 Å². The maximum atomic E-state index is 13.2. The minimum atomic E-state index is -3.65. The maximum absolute atomic E-state index is 13.2. The Kier molecular flexibility index (Phi) is 6.28. The van der Waals surface area contributed by atoms with Gasteiger partial charge in [0.2, 0.25) is 10.0 Å². The predicted octanol–water partition coefficient (Wildman–Crippen LogP) is 1.82. The molecule has 2 aromatic rings. The van der Waals surface area contributed by atoms with Crippen LogP contribution in [0.3, 0.4) is 0 Å². The van der Waals surface area contributed by atoms with Crippen LogP contribution in [0.5, 0.6) is 5.75 Å². The summed E-state index contributed by atoms with van der Waals surface area (Å²) in [7, 11) is -3.65. The number of hydrogen-bond donors (Lipinski definition) is 0. The van der Waals surface area contributed by atoms with E-state index in [1.165, 1.54) is 4.31 Å². The molecule has 0 radical (unpaired) electrons. The fourth-order valence-corrected chi connectivity index (χ4v) is 5.45. The lowest BCUT2D eigenvalue weighted by Crippen LogP contribution is -2.53. The van der Waals surface area contributed by atoms with Crippen LogP contribution in [0, 0.1) is 13.8 Å². The Labute approximate surface area is 172 Å². The molecule has 1 atom stereocenters. The lowest BCUT2D eigenvalue weighted by molar-refractivity contribution is -0.139. The SMILES string of the molecule is CCn1nc(C)c(S(=O)(=O)N2CCN(C(=O)C(C)Oc3ccccc3)CC2)c1C. The van der Waals surface area contributed by atoms with Crippen LogP contribution in [0.1, 0.15) is 25.2 Å². The van der Waals surface area contributed by atoms with Gasteiger partial charge in [-0.25, -0.2) is 8.42 Å². The monoisotopic (exact) mass is 420 g/mol. The summed E-state index contributed by atoms with van der Waals surface area (Å²) >= 11 is 0. The van der Waals surface area contributed by atoms with Crippen molar-refractivity contribution < 1.29 is 17.9 Å². The van der Waals surface area contributed by atoms with E-state index in [-0.39, 0.29) is 23.9 Å². The molecule has 1 fully saturated rings. The van der Waals surface area contributed by atoms with Crippen molar-refractivity contribution in [3.05, 3.63) is 41.7 Å². The molecule has 1 aliphatic heterocycles. The molecule has 3 rings (SSSR count). The number of amides is 1. The summed E-state index contributed by atoms with van der Waals surface area (Å²) in [5.74, 6) is 0.491. The van der Waals surface area contributed by atoms with Crippen LogP contribution in [0.2, 0.25) is 0 Å². The average molecular weight is 421 g/mol. The van der Waals surface area contributed by atoms with E-state index in [4.69, 9.17) is 4.74 Å². The molecule has 8 nitrogen and oxygen atoms in total. The van der Waals surface area contributed by atoms with E-state index in [1.807, 2.05) is 25.1 Å². The number of hydrogen-bond acceptors (Lipinski definition) is 5. The number of carbonyl (C=O) groups is 1. The number of aromatic nitrogens is 2. The largest absolute Gasteiger partial charge is 0.481 e. The van der Waals surface area contributed by atoms with Crippen molar-refractivity contribution in [3.63, 3.8) is 0 Å². The molecule has 1 aromatic carbocycles. The summed E-state index contributed by atoms with van der Waals surface area (Å²) in [4.78, 5) is 14.6. The summed E-state index contributed by atoms with van der Waals surface area (Å²) in [6.45, 7) is 8.92. The van der Waals surface area contributed by atoms with E-state index in [2.05, 4.69) is 5.10 Å². The molecule has 158 valence electrons. The molecule has 9 heteroatoms. The van der Waals surface area contributed by atoms with E-state index in [0.29, 0.717) is 36.8 Å². The number of sulfonamides is 1. The Balaban J connectivity index is 1.65. The van der Waals surface area contributed by atoms with Gasteiger partial charge < -0.3 is 9.64 Å². The van der Waals surface area contributed by atoms with Crippen molar-refractivity contribution in [2.75, 3.05) is 26.2 Å². The van der Waals surface area contributed by atoms with Gasteiger partial charge in [-0.1, -0.05) is 18.2 Å². The normalized spacial score (nSPS) is 16.6. The molecular formula is C20H28N4O4S. The van der Waals surface area contributed by atoms with Crippen LogP contribution in [-0.4, -0.2) is 65.6 Å². The fraction of sp³-hybridized carbons (Fsp3) is 0.500. The molecule has 1 saturated heterocycles. The fourth-order valence-electron chi connectivity index (χ4n) is 3.65. The Morgan fingerprint density at radius 1 is 1.14 bits per heavy atom. The second-order valence-electron chi connectivity index (χ2n) is 7.12. The van der Waals surface area contributed by atoms with Gasteiger partial charge in [0, 0.05) is 32.7 Å². The van der Waals surface area contributed by atoms with Crippen molar-refractivity contribution in [2.45, 2.75) is 45.2 Å². The van der Waals surface area contributed by atoms with Gasteiger partial charge in [0.15, 0.2) is 6.10 Å². The highest BCUT2D eigenvalue weighted by Crippen LogP contribution is 2.24. The highest BCUT2D eigenvalue weighted by molar-refractivity contribution is 7.89. The standard InChI is InChI=1S/C20H28N4O4S/c1-5-24-16(3)19(15(2)21-24)29(26,27)23-13-11-22(12-14-23)20(25)17(4)28-18-9-7-6-8-10-18/h6-10,17H,5,11-14H2,1-4H3. The summed E-state index contributed by atoms with van der Waals surface area (Å²) in [5.41, 5.74) is 1.15. The Hall–Kier alpha value is -2.39. The molecule has 0 saturated carbocycles. The lowest BCUT2D eigenvalue weighted by Gasteiger charge is -2.35. The quantitative estimate of drug-likeness (QED) is 0.712. The molecule has 0 aliphatic carbocycles. The number of aryl methyl sites for hydroxylation is 2. The van der Waals surface area contributed by atoms with Gasteiger partial charge in [0.05, 0.1) is 11.4 Å². The van der Waals surface area contributed by atoms with E-state index >= 15 is 0 Å². The highest BCUT2D eigenvalue weighted by Gasteiger charge is 2.35. The molecule has 0 spiro atoms. The van der Waals surface area contributed by atoms with Gasteiger partial charge in [0.1, 0.15) is 10.6 Å². The van der Waals surface area contributed by atoms with E-state index in [9.17, 15) is 13.2 Å². The first-order valence-electron chi connectivity index (χ1n) is 9.80.